The molecular weight excluding hydrogens is 333 g/mol. The van der Waals surface area contributed by atoms with Crippen LogP contribution >= 0.6 is 0 Å². The van der Waals surface area contributed by atoms with E-state index in [1.54, 1.807) is 0 Å². The van der Waals surface area contributed by atoms with E-state index in [1.807, 2.05) is 0 Å². The molecule has 9 heteroatoms. The van der Waals surface area contributed by atoms with Crippen molar-refractivity contribution in [2.45, 2.75) is 18.4 Å². The lowest BCUT2D eigenvalue weighted by Gasteiger charge is -2.38. The van der Waals surface area contributed by atoms with Crippen molar-refractivity contribution < 1.29 is 23.8 Å². The number of carboxylic acid groups (broad SMARTS) is 1. The van der Waals surface area contributed by atoms with Gasteiger partial charge in [0.15, 0.2) is 0 Å². The molecule has 1 fully saturated rings. The zero-order valence-electron chi connectivity index (χ0n) is 13.1. The predicted molar refractivity (Wildman–Crippen MR) is 83.9 cm³/mol. The molecule has 2 heterocycles. The highest BCUT2D eigenvalue weighted by molar-refractivity contribution is 5.92. The first-order chi connectivity index (χ1) is 11.9. The van der Waals surface area contributed by atoms with E-state index < -0.39 is 29.0 Å². The molecule has 1 aromatic carbocycles. The topological polar surface area (TPSA) is 115 Å². The highest BCUT2D eigenvalue weighted by atomic mass is 19.1. The van der Waals surface area contributed by atoms with E-state index in [0.717, 1.165) is 6.07 Å². The number of piperidine rings is 1. The lowest BCUT2D eigenvalue weighted by Crippen LogP contribution is -2.54. The number of aromatic nitrogens is 2. The number of halogens is 1. The molecule has 2 aromatic rings. The molecule has 1 aliphatic heterocycles. The molecule has 0 saturated carbocycles. The monoisotopic (exact) mass is 349 g/mol. The molecule has 3 rings (SSSR count). The number of benzene rings is 1. The fraction of sp³-hybridized carbons (Fsp3) is 0.312. The van der Waals surface area contributed by atoms with Gasteiger partial charge in [-0.3, -0.25) is 4.79 Å². The van der Waals surface area contributed by atoms with E-state index in [0.29, 0.717) is 0 Å². The molecule has 0 unspecified atom stereocenters. The zero-order chi connectivity index (χ0) is 18.0. The van der Waals surface area contributed by atoms with Crippen molar-refractivity contribution in [1.29, 1.82) is 0 Å². The maximum absolute atomic E-state index is 13.3. The number of ether oxygens (including phenoxy) is 1. The Bertz CT molecular complexity index is 851. The predicted octanol–water partition coefficient (Wildman–Crippen LogP) is 0.980. The first-order valence-corrected chi connectivity index (χ1v) is 7.65. The van der Waals surface area contributed by atoms with Gasteiger partial charge in [0.2, 0.25) is 5.60 Å². The highest BCUT2D eigenvalue weighted by Gasteiger charge is 2.45. The van der Waals surface area contributed by atoms with E-state index in [1.165, 1.54) is 29.3 Å². The van der Waals surface area contributed by atoms with Crippen molar-refractivity contribution in [3.63, 3.8) is 0 Å². The average Bonchev–Trinajstić information content (AvgIpc) is 3.01. The number of aromatic amines is 2. The third-order valence-corrected chi connectivity index (χ3v) is 4.18. The van der Waals surface area contributed by atoms with Crippen LogP contribution in [0, 0.1) is 5.82 Å². The van der Waals surface area contributed by atoms with Gasteiger partial charge in [-0.1, -0.05) is 6.07 Å². The third-order valence-electron chi connectivity index (χ3n) is 4.18. The summed E-state index contributed by atoms with van der Waals surface area (Å²) in [7, 11) is 0. The molecular formula is C16H16FN3O5. The van der Waals surface area contributed by atoms with Crippen LogP contribution in [-0.2, 0) is 4.79 Å². The first kappa shape index (κ1) is 16.7. The molecule has 1 aliphatic rings. The summed E-state index contributed by atoms with van der Waals surface area (Å²) in [5.41, 5.74) is -1.91. The number of nitrogens with one attached hydrogen (secondary N) is 2. The molecule has 25 heavy (non-hydrogen) atoms. The lowest BCUT2D eigenvalue weighted by molar-refractivity contribution is -0.159. The van der Waals surface area contributed by atoms with Crippen LogP contribution in [0.15, 0.2) is 35.3 Å². The van der Waals surface area contributed by atoms with Crippen molar-refractivity contribution in [2.75, 3.05) is 13.1 Å². The van der Waals surface area contributed by atoms with Crippen LogP contribution in [-0.4, -0.2) is 50.5 Å². The van der Waals surface area contributed by atoms with Gasteiger partial charge in [0.05, 0.1) is 0 Å². The minimum Gasteiger partial charge on any atom is -0.478 e. The lowest BCUT2D eigenvalue weighted by atomic mass is 9.91. The van der Waals surface area contributed by atoms with Gasteiger partial charge in [-0.25, -0.2) is 14.0 Å². The number of H-pyrrole nitrogens is 2. The molecule has 0 atom stereocenters. The maximum Gasteiger partial charge on any atom is 0.348 e. The summed E-state index contributed by atoms with van der Waals surface area (Å²) < 4.78 is 18.9. The molecule has 8 nitrogen and oxygen atoms in total. The van der Waals surface area contributed by atoms with E-state index in [-0.39, 0.29) is 37.4 Å². The second-order valence-electron chi connectivity index (χ2n) is 5.81. The number of rotatable bonds is 4. The van der Waals surface area contributed by atoms with Crippen molar-refractivity contribution in [1.82, 2.24) is 14.9 Å². The summed E-state index contributed by atoms with van der Waals surface area (Å²) in [6.45, 7) is 0.265. The van der Waals surface area contributed by atoms with Gasteiger partial charge in [-0.15, -0.1) is 0 Å². The second kappa shape index (κ2) is 6.42. The summed E-state index contributed by atoms with van der Waals surface area (Å²) in [6.07, 6.45) is 1.35. The summed E-state index contributed by atoms with van der Waals surface area (Å²) in [5.74, 6) is -1.97. The van der Waals surface area contributed by atoms with Crippen LogP contribution in [0.5, 0.6) is 5.75 Å². The average molecular weight is 349 g/mol. The third kappa shape index (κ3) is 3.39. The Balaban J connectivity index is 1.73. The number of carboxylic acids is 1. The van der Waals surface area contributed by atoms with Crippen molar-refractivity contribution in [3.05, 3.63) is 52.5 Å². The standard InChI is InChI=1S/C16H16FN3O5/c17-10-2-1-3-11(8-10)25-16(14(22)23)4-6-20(7-5-16)13(21)12-9-18-15(24)19-12/h1-3,8-9H,4-7H2,(H,22,23)(H2,18,19,24). The van der Waals surface area contributed by atoms with Crippen molar-refractivity contribution in [3.8, 4) is 5.75 Å². The molecule has 0 aliphatic carbocycles. The number of imidazole rings is 1. The Morgan fingerprint density at radius 2 is 2.00 bits per heavy atom. The van der Waals surface area contributed by atoms with E-state index in [9.17, 15) is 23.9 Å². The Morgan fingerprint density at radius 1 is 1.28 bits per heavy atom. The van der Waals surface area contributed by atoms with Crippen LogP contribution < -0.4 is 10.4 Å². The van der Waals surface area contributed by atoms with E-state index in [2.05, 4.69) is 9.97 Å². The zero-order valence-corrected chi connectivity index (χ0v) is 13.1. The van der Waals surface area contributed by atoms with Crippen LogP contribution in [0.1, 0.15) is 23.3 Å². The molecule has 1 amide bonds. The van der Waals surface area contributed by atoms with Gasteiger partial charge in [-0.05, 0) is 12.1 Å². The van der Waals surface area contributed by atoms with Gasteiger partial charge in [-0.2, -0.15) is 0 Å². The SMILES string of the molecule is O=C(c1c[nH]c(=O)[nH]1)N1CCC(Oc2cccc(F)c2)(C(=O)O)CC1. The molecule has 0 bridgehead atoms. The summed E-state index contributed by atoms with van der Waals surface area (Å²) in [6, 6.07) is 5.27. The van der Waals surface area contributed by atoms with Gasteiger partial charge >= 0.3 is 11.7 Å². The fourth-order valence-corrected chi connectivity index (χ4v) is 2.80. The Hall–Kier alpha value is -3.10. The molecule has 1 aromatic heterocycles. The van der Waals surface area contributed by atoms with Gasteiger partial charge in [0, 0.05) is 38.2 Å². The Morgan fingerprint density at radius 3 is 2.56 bits per heavy atom. The molecule has 1 saturated heterocycles. The van der Waals surface area contributed by atoms with Crippen LogP contribution in [0.4, 0.5) is 4.39 Å². The number of nitrogens with zero attached hydrogens (tertiary/aromatic N) is 1. The maximum atomic E-state index is 13.3. The van der Waals surface area contributed by atoms with Crippen LogP contribution in [0.25, 0.3) is 0 Å². The quantitative estimate of drug-likeness (QED) is 0.761. The number of aliphatic carboxylic acids is 1. The summed E-state index contributed by atoms with van der Waals surface area (Å²) in [5, 5.41) is 9.59. The number of hydrogen-bond donors (Lipinski definition) is 3. The van der Waals surface area contributed by atoms with Crippen molar-refractivity contribution >= 4 is 11.9 Å². The van der Waals surface area contributed by atoms with Gasteiger partial charge < -0.3 is 24.7 Å². The normalized spacial score (nSPS) is 16.4. The van der Waals surface area contributed by atoms with Gasteiger partial charge in [0.25, 0.3) is 5.91 Å². The second-order valence-corrected chi connectivity index (χ2v) is 5.81. The fourth-order valence-electron chi connectivity index (χ4n) is 2.80. The highest BCUT2D eigenvalue weighted by Crippen LogP contribution is 2.30. The number of likely N-dealkylation sites (tertiary alicyclic amines) is 1. The van der Waals surface area contributed by atoms with E-state index in [4.69, 9.17) is 4.74 Å². The smallest absolute Gasteiger partial charge is 0.348 e. The summed E-state index contributed by atoms with van der Waals surface area (Å²) >= 11 is 0. The summed E-state index contributed by atoms with van der Waals surface area (Å²) in [4.78, 5) is 41.3. The van der Waals surface area contributed by atoms with Gasteiger partial charge in [0.1, 0.15) is 17.3 Å². The van der Waals surface area contributed by atoms with Crippen LogP contribution in [0.2, 0.25) is 0 Å². The minimum absolute atomic E-state index is 0.0409. The number of carbonyl (C=O) groups is 2. The Labute approximate surface area is 141 Å². The largest absolute Gasteiger partial charge is 0.478 e. The molecule has 0 spiro atoms. The van der Waals surface area contributed by atoms with E-state index >= 15 is 0 Å². The number of carbonyl (C=O) groups excluding carboxylic acids is 1. The number of hydrogen-bond acceptors (Lipinski definition) is 4. The minimum atomic E-state index is -1.53. The van der Waals surface area contributed by atoms with Crippen molar-refractivity contribution in [2.24, 2.45) is 0 Å². The number of amides is 1. The first-order valence-electron chi connectivity index (χ1n) is 7.65. The van der Waals surface area contributed by atoms with Crippen LogP contribution in [0.3, 0.4) is 0 Å². The molecule has 0 radical (unpaired) electrons. The Kier molecular flexibility index (Phi) is 4.30. The molecule has 132 valence electrons. The molecule has 3 N–H and O–H groups in total.